The lowest BCUT2D eigenvalue weighted by atomic mass is 10.1. The number of aliphatic imine (C=N–C) groups is 1. The third-order valence-corrected chi connectivity index (χ3v) is 4.39. The fourth-order valence-corrected chi connectivity index (χ4v) is 2.72. The fourth-order valence-electron chi connectivity index (χ4n) is 2.72. The van der Waals surface area contributed by atoms with Crippen LogP contribution in [0.1, 0.15) is 66.2 Å². The van der Waals surface area contributed by atoms with E-state index in [-0.39, 0.29) is 12.2 Å². The summed E-state index contributed by atoms with van der Waals surface area (Å²) in [6.07, 6.45) is 2.64. The van der Waals surface area contributed by atoms with Gasteiger partial charge in [-0.15, -0.1) is 0 Å². The van der Waals surface area contributed by atoms with Crippen molar-refractivity contribution in [1.82, 2.24) is 4.90 Å². The molecule has 1 rings (SSSR count). The molecule has 1 atom stereocenters. The zero-order valence-electron chi connectivity index (χ0n) is 14.4. The standard InChI is InChI=1S/C17H28F2N2O/c1-6-9-13(22)16(12(4)7-2)20-15-11-10-14(21(15)5)17(18,19)8-3/h14H,6-11H2,1-5H3/b16-12-,20-15-. The number of Topliss-reactive ketones (excluding diaryl/α,β-unsaturated/α-hetero) is 1. The van der Waals surface area contributed by atoms with Crippen molar-refractivity contribution in [2.45, 2.75) is 78.2 Å². The van der Waals surface area contributed by atoms with Crippen LogP contribution in [-0.2, 0) is 4.79 Å². The maximum Gasteiger partial charge on any atom is 0.267 e. The molecule has 0 aromatic heterocycles. The maximum absolute atomic E-state index is 13.9. The van der Waals surface area contributed by atoms with Crippen molar-refractivity contribution >= 4 is 11.6 Å². The molecule has 0 N–H and O–H groups in total. The summed E-state index contributed by atoms with van der Waals surface area (Å²) in [6.45, 7) is 7.31. The van der Waals surface area contributed by atoms with E-state index in [1.165, 1.54) is 6.92 Å². The Morgan fingerprint density at radius 1 is 1.36 bits per heavy atom. The Hall–Kier alpha value is -1.26. The summed E-state index contributed by atoms with van der Waals surface area (Å²) in [5, 5.41) is 0. The highest BCUT2D eigenvalue weighted by atomic mass is 19.3. The summed E-state index contributed by atoms with van der Waals surface area (Å²) < 4.78 is 27.9. The summed E-state index contributed by atoms with van der Waals surface area (Å²) in [6, 6.07) is -0.819. The molecule has 0 aromatic rings. The molecule has 0 saturated carbocycles. The third-order valence-electron chi connectivity index (χ3n) is 4.39. The van der Waals surface area contributed by atoms with Crippen LogP contribution in [0.5, 0.6) is 0 Å². The Kier molecular flexibility index (Phi) is 6.69. The van der Waals surface area contributed by atoms with Gasteiger partial charge in [0, 0.05) is 26.3 Å². The van der Waals surface area contributed by atoms with E-state index >= 15 is 0 Å². The van der Waals surface area contributed by atoms with Crippen LogP contribution in [0.2, 0.25) is 0 Å². The summed E-state index contributed by atoms with van der Waals surface area (Å²) in [4.78, 5) is 18.3. The minimum atomic E-state index is -2.72. The average Bonchev–Trinajstić information content (AvgIpc) is 2.85. The first-order chi connectivity index (χ1) is 10.3. The van der Waals surface area contributed by atoms with Gasteiger partial charge in [-0.1, -0.05) is 20.8 Å². The van der Waals surface area contributed by atoms with E-state index in [2.05, 4.69) is 4.99 Å². The SMILES string of the molecule is CCCC(=O)C(/N=C1/CCC(C(F)(F)CC)N1C)=C(\C)CC. The minimum absolute atomic E-state index is 0.00783. The molecule has 126 valence electrons. The Morgan fingerprint density at radius 3 is 2.50 bits per heavy atom. The zero-order valence-corrected chi connectivity index (χ0v) is 14.4. The number of hydrogen-bond donors (Lipinski definition) is 0. The van der Waals surface area contributed by atoms with Crippen molar-refractivity contribution in [3.05, 3.63) is 11.3 Å². The zero-order chi connectivity index (χ0) is 16.9. The first kappa shape index (κ1) is 18.8. The number of nitrogens with zero attached hydrogens (tertiary/aromatic N) is 2. The molecule has 0 spiro atoms. The molecule has 3 nitrogen and oxygen atoms in total. The smallest absolute Gasteiger partial charge is 0.267 e. The van der Waals surface area contributed by atoms with Crippen LogP contribution in [0.3, 0.4) is 0 Å². The number of ketones is 1. The van der Waals surface area contributed by atoms with Crippen molar-refractivity contribution in [1.29, 1.82) is 0 Å². The molecule has 1 heterocycles. The molecule has 0 amide bonds. The van der Waals surface area contributed by atoms with Gasteiger partial charge in [0.05, 0.1) is 6.04 Å². The molecule has 0 bridgehead atoms. The van der Waals surface area contributed by atoms with Crippen LogP contribution in [0, 0.1) is 0 Å². The highest BCUT2D eigenvalue weighted by Gasteiger charge is 2.44. The summed E-state index contributed by atoms with van der Waals surface area (Å²) in [5.74, 6) is -2.11. The topological polar surface area (TPSA) is 32.7 Å². The van der Waals surface area contributed by atoms with Crippen molar-refractivity contribution in [2.24, 2.45) is 4.99 Å². The summed E-state index contributed by atoms with van der Waals surface area (Å²) in [5.41, 5.74) is 1.39. The highest BCUT2D eigenvalue weighted by molar-refractivity contribution is 5.99. The molecule has 1 fully saturated rings. The monoisotopic (exact) mass is 314 g/mol. The van der Waals surface area contributed by atoms with Gasteiger partial charge in [-0.05, 0) is 31.8 Å². The number of amidine groups is 1. The lowest BCUT2D eigenvalue weighted by Gasteiger charge is -2.29. The lowest BCUT2D eigenvalue weighted by Crippen LogP contribution is -2.42. The van der Waals surface area contributed by atoms with Gasteiger partial charge in [0.2, 0.25) is 0 Å². The van der Waals surface area contributed by atoms with Gasteiger partial charge in [0.1, 0.15) is 11.5 Å². The van der Waals surface area contributed by atoms with Gasteiger partial charge < -0.3 is 4.90 Å². The molecule has 1 saturated heterocycles. The number of halogens is 2. The summed E-state index contributed by atoms with van der Waals surface area (Å²) in [7, 11) is 1.66. The molecule has 1 aliphatic rings. The van der Waals surface area contributed by atoms with Crippen LogP contribution < -0.4 is 0 Å². The van der Waals surface area contributed by atoms with E-state index in [0.717, 1.165) is 18.4 Å². The molecule has 0 aromatic carbocycles. The molecular formula is C17H28F2N2O. The summed E-state index contributed by atoms with van der Waals surface area (Å²) >= 11 is 0. The van der Waals surface area contributed by atoms with E-state index in [0.29, 0.717) is 30.8 Å². The van der Waals surface area contributed by atoms with Crippen LogP contribution in [0.25, 0.3) is 0 Å². The Morgan fingerprint density at radius 2 is 2.00 bits per heavy atom. The largest absolute Gasteiger partial charge is 0.354 e. The van der Waals surface area contributed by atoms with Gasteiger partial charge >= 0.3 is 0 Å². The molecule has 1 unspecified atom stereocenters. The van der Waals surface area contributed by atoms with Gasteiger partial charge in [-0.2, -0.15) is 0 Å². The average molecular weight is 314 g/mol. The van der Waals surface area contributed by atoms with Gasteiger partial charge in [0.15, 0.2) is 5.78 Å². The number of allylic oxidation sites excluding steroid dienone is 2. The van der Waals surface area contributed by atoms with E-state index in [1.807, 2.05) is 20.8 Å². The van der Waals surface area contributed by atoms with Crippen molar-refractivity contribution in [2.75, 3.05) is 7.05 Å². The minimum Gasteiger partial charge on any atom is -0.354 e. The van der Waals surface area contributed by atoms with Crippen LogP contribution in [0.4, 0.5) is 8.78 Å². The predicted molar refractivity (Wildman–Crippen MR) is 86.4 cm³/mol. The first-order valence-electron chi connectivity index (χ1n) is 8.19. The van der Waals surface area contributed by atoms with Crippen molar-refractivity contribution < 1.29 is 13.6 Å². The van der Waals surface area contributed by atoms with E-state index in [1.54, 1.807) is 11.9 Å². The molecule has 0 radical (unpaired) electrons. The quantitative estimate of drug-likeness (QED) is 0.644. The van der Waals surface area contributed by atoms with Crippen LogP contribution >= 0.6 is 0 Å². The Bertz CT molecular complexity index is 469. The Balaban J connectivity index is 3.07. The number of carbonyl (C=O) groups excluding carboxylic acids is 1. The van der Waals surface area contributed by atoms with Crippen molar-refractivity contribution in [3.63, 3.8) is 0 Å². The maximum atomic E-state index is 13.9. The highest BCUT2D eigenvalue weighted by Crippen LogP contribution is 2.34. The van der Waals surface area contributed by atoms with E-state index in [4.69, 9.17) is 0 Å². The number of alkyl halides is 2. The molecular weight excluding hydrogens is 286 g/mol. The number of hydrogen-bond acceptors (Lipinski definition) is 2. The molecule has 5 heteroatoms. The second-order valence-electron chi connectivity index (χ2n) is 5.96. The Labute approximate surface area is 132 Å². The normalized spacial score (nSPS) is 22.2. The van der Waals surface area contributed by atoms with Gasteiger partial charge in [-0.3, -0.25) is 4.79 Å². The second-order valence-corrected chi connectivity index (χ2v) is 5.96. The number of carbonyl (C=O) groups is 1. The predicted octanol–water partition coefficient (Wildman–Crippen LogP) is 4.58. The molecule has 1 aliphatic heterocycles. The van der Waals surface area contributed by atoms with Gasteiger partial charge in [0.25, 0.3) is 5.92 Å². The molecule has 0 aliphatic carbocycles. The van der Waals surface area contributed by atoms with Crippen molar-refractivity contribution in [3.8, 4) is 0 Å². The van der Waals surface area contributed by atoms with Crippen LogP contribution in [-0.4, -0.2) is 35.5 Å². The third kappa shape index (κ3) is 4.14. The van der Waals surface area contributed by atoms with Gasteiger partial charge in [-0.25, -0.2) is 13.8 Å². The van der Waals surface area contributed by atoms with E-state index < -0.39 is 12.0 Å². The van der Waals surface area contributed by atoms with Crippen LogP contribution in [0.15, 0.2) is 16.3 Å². The first-order valence-corrected chi connectivity index (χ1v) is 8.19. The molecule has 22 heavy (non-hydrogen) atoms. The second kappa shape index (κ2) is 7.84. The number of rotatable bonds is 7. The lowest BCUT2D eigenvalue weighted by molar-refractivity contribution is -0.115. The fraction of sp³-hybridized carbons (Fsp3) is 0.765. The number of likely N-dealkylation sites (tertiary alicyclic amines) is 1. The van der Waals surface area contributed by atoms with E-state index in [9.17, 15) is 13.6 Å².